The zero-order valence-electron chi connectivity index (χ0n) is 13.3. The van der Waals surface area contributed by atoms with Crippen molar-refractivity contribution in [3.8, 4) is 0 Å². The number of rotatable bonds is 4. The predicted molar refractivity (Wildman–Crippen MR) is 87.9 cm³/mol. The van der Waals surface area contributed by atoms with Gasteiger partial charge >= 0.3 is 11.0 Å². The fourth-order valence-corrected chi connectivity index (χ4v) is 4.47. The molecule has 0 unspecified atom stereocenters. The van der Waals surface area contributed by atoms with Crippen molar-refractivity contribution >= 4 is 28.2 Å². The van der Waals surface area contributed by atoms with Crippen molar-refractivity contribution in [1.82, 2.24) is 4.90 Å². The Morgan fingerprint density at radius 2 is 2.00 bits per heavy atom. The van der Waals surface area contributed by atoms with Crippen LogP contribution >= 0.6 is 11.3 Å². The number of esters is 1. The average molecular weight is 352 g/mol. The van der Waals surface area contributed by atoms with Crippen LogP contribution in [0.3, 0.4) is 0 Å². The Bertz CT molecular complexity index is 642. The third kappa shape index (κ3) is 3.58. The minimum absolute atomic E-state index is 0.116. The van der Waals surface area contributed by atoms with Crippen LogP contribution in [0.5, 0.6) is 0 Å². The van der Waals surface area contributed by atoms with E-state index in [1.807, 2.05) is 4.90 Å². The molecule has 1 saturated heterocycles. The van der Waals surface area contributed by atoms with Gasteiger partial charge in [0, 0.05) is 18.7 Å². The molecule has 0 N–H and O–H groups in total. The molecule has 2 fully saturated rings. The number of hydrogen-bond donors (Lipinski definition) is 0. The van der Waals surface area contributed by atoms with Crippen LogP contribution in [0.4, 0.5) is 5.00 Å². The first-order valence-electron chi connectivity index (χ1n) is 8.27. The van der Waals surface area contributed by atoms with Gasteiger partial charge in [-0.15, -0.1) is 0 Å². The molecule has 8 heteroatoms. The van der Waals surface area contributed by atoms with Crippen LogP contribution in [0, 0.1) is 16.0 Å². The summed E-state index contributed by atoms with van der Waals surface area (Å²) in [5, 5.41) is 10.5. The van der Waals surface area contributed by atoms with Gasteiger partial charge in [-0.2, -0.15) is 0 Å². The molecule has 3 rings (SSSR count). The van der Waals surface area contributed by atoms with E-state index < -0.39 is 10.9 Å². The smallest absolute Gasteiger partial charge is 0.349 e. The minimum atomic E-state index is -0.682. The van der Waals surface area contributed by atoms with Gasteiger partial charge in [-0.05, 0) is 37.7 Å². The first-order valence-corrected chi connectivity index (χ1v) is 9.08. The molecule has 0 aromatic carbocycles. The molecule has 1 aliphatic heterocycles. The zero-order valence-corrected chi connectivity index (χ0v) is 14.1. The van der Waals surface area contributed by atoms with Crippen molar-refractivity contribution in [1.29, 1.82) is 0 Å². The highest BCUT2D eigenvalue weighted by Crippen LogP contribution is 2.35. The highest BCUT2D eigenvalue weighted by molar-refractivity contribution is 7.17. The second-order valence-electron chi connectivity index (χ2n) is 6.31. The van der Waals surface area contributed by atoms with Crippen molar-refractivity contribution in [2.45, 2.75) is 44.6 Å². The lowest BCUT2D eigenvalue weighted by Gasteiger charge is -2.44. The number of carbonyl (C=O) groups excluding carboxylic acids is 2. The van der Waals surface area contributed by atoms with Crippen molar-refractivity contribution < 1.29 is 19.2 Å². The maximum atomic E-state index is 12.4. The fraction of sp³-hybridized carbons (Fsp3) is 0.625. The molecule has 0 spiro atoms. The number of ether oxygens (including phenoxy) is 1. The highest BCUT2D eigenvalue weighted by atomic mass is 32.1. The molecule has 1 aromatic heterocycles. The lowest BCUT2D eigenvalue weighted by atomic mass is 9.78. The largest absolute Gasteiger partial charge is 0.451 e. The van der Waals surface area contributed by atoms with Gasteiger partial charge < -0.3 is 9.64 Å². The molecular weight excluding hydrogens is 332 g/mol. The van der Waals surface area contributed by atoms with Crippen LogP contribution in [0.25, 0.3) is 0 Å². The predicted octanol–water partition coefficient (Wildman–Crippen LogP) is 2.99. The van der Waals surface area contributed by atoms with Crippen molar-refractivity contribution in [3.05, 3.63) is 27.1 Å². The van der Waals surface area contributed by atoms with Gasteiger partial charge in [0.15, 0.2) is 6.61 Å². The molecule has 0 bridgehead atoms. The van der Waals surface area contributed by atoms with E-state index in [2.05, 4.69) is 0 Å². The van der Waals surface area contributed by atoms with E-state index in [1.54, 1.807) is 0 Å². The van der Waals surface area contributed by atoms with Gasteiger partial charge in [-0.25, -0.2) is 4.79 Å². The van der Waals surface area contributed by atoms with Gasteiger partial charge in [-0.1, -0.05) is 24.2 Å². The summed E-state index contributed by atoms with van der Waals surface area (Å²) in [6.07, 6.45) is 6.75. The van der Waals surface area contributed by atoms with Crippen LogP contribution in [0.2, 0.25) is 0 Å². The second kappa shape index (κ2) is 7.29. The van der Waals surface area contributed by atoms with Crippen LogP contribution in [0.15, 0.2) is 12.1 Å². The molecule has 1 amide bonds. The SMILES string of the molecule is O=C(OCC(=O)N1CCC[C@H]2CCCC[C@@H]21)c1ccc([N+](=O)[O-])s1. The lowest BCUT2D eigenvalue weighted by Crippen LogP contribution is -2.50. The normalized spacial score (nSPS) is 23.4. The number of hydrogen-bond acceptors (Lipinski definition) is 6. The Labute approximate surface area is 143 Å². The molecule has 24 heavy (non-hydrogen) atoms. The van der Waals surface area contributed by atoms with Crippen LogP contribution in [-0.4, -0.2) is 40.9 Å². The quantitative estimate of drug-likeness (QED) is 0.472. The molecule has 1 aliphatic carbocycles. The summed E-state index contributed by atoms with van der Waals surface area (Å²) in [6, 6.07) is 2.90. The van der Waals surface area contributed by atoms with Gasteiger partial charge in [0.2, 0.25) is 0 Å². The number of piperidine rings is 1. The molecule has 7 nitrogen and oxygen atoms in total. The third-order valence-electron chi connectivity index (χ3n) is 4.86. The van der Waals surface area contributed by atoms with Crippen molar-refractivity contribution in [2.75, 3.05) is 13.2 Å². The van der Waals surface area contributed by atoms with Crippen molar-refractivity contribution in [3.63, 3.8) is 0 Å². The average Bonchev–Trinajstić information content (AvgIpc) is 3.09. The van der Waals surface area contributed by atoms with Gasteiger partial charge in [0.25, 0.3) is 5.91 Å². The van der Waals surface area contributed by atoms with Gasteiger partial charge in [0.05, 0.1) is 4.92 Å². The maximum Gasteiger partial charge on any atom is 0.349 e. The molecule has 1 saturated carbocycles. The lowest BCUT2D eigenvalue weighted by molar-refractivity contribution is -0.380. The van der Waals surface area contributed by atoms with E-state index in [0.29, 0.717) is 5.92 Å². The second-order valence-corrected chi connectivity index (χ2v) is 7.37. The van der Waals surface area contributed by atoms with Gasteiger partial charge in [0.1, 0.15) is 4.88 Å². The molecule has 0 radical (unpaired) electrons. The Hall–Kier alpha value is -1.96. The number of fused-ring (bicyclic) bond motifs is 1. The zero-order chi connectivity index (χ0) is 17.1. The topological polar surface area (TPSA) is 89.8 Å². The third-order valence-corrected chi connectivity index (χ3v) is 5.88. The monoisotopic (exact) mass is 352 g/mol. The summed E-state index contributed by atoms with van der Waals surface area (Å²) in [7, 11) is 0. The summed E-state index contributed by atoms with van der Waals surface area (Å²) < 4.78 is 5.07. The van der Waals surface area contributed by atoms with E-state index in [-0.39, 0.29) is 28.4 Å². The number of thiophene rings is 1. The number of nitro groups is 1. The summed E-state index contributed by atoms with van der Waals surface area (Å²) >= 11 is 0.756. The van der Waals surface area contributed by atoms with Crippen LogP contribution in [-0.2, 0) is 9.53 Å². The van der Waals surface area contributed by atoms with E-state index in [9.17, 15) is 19.7 Å². The Kier molecular flexibility index (Phi) is 5.13. The summed E-state index contributed by atoms with van der Waals surface area (Å²) in [6.45, 7) is 0.426. The van der Waals surface area contributed by atoms with Gasteiger partial charge in [-0.3, -0.25) is 14.9 Å². The highest BCUT2D eigenvalue weighted by Gasteiger charge is 2.35. The number of carbonyl (C=O) groups is 2. The summed E-state index contributed by atoms with van der Waals surface area (Å²) in [5.74, 6) is -0.267. The van der Waals surface area contributed by atoms with E-state index in [0.717, 1.165) is 37.1 Å². The number of nitrogens with zero attached hydrogens (tertiary/aromatic N) is 2. The van der Waals surface area contributed by atoms with Crippen molar-refractivity contribution in [2.24, 2.45) is 5.92 Å². The van der Waals surface area contributed by atoms with Crippen LogP contribution < -0.4 is 0 Å². The molecule has 2 atom stereocenters. The molecule has 2 aliphatic rings. The Balaban J connectivity index is 1.56. The molecule has 2 heterocycles. The first-order chi connectivity index (χ1) is 11.6. The molecule has 130 valence electrons. The minimum Gasteiger partial charge on any atom is -0.451 e. The fourth-order valence-electron chi connectivity index (χ4n) is 3.75. The van der Waals surface area contributed by atoms with E-state index in [4.69, 9.17) is 4.74 Å². The maximum absolute atomic E-state index is 12.4. The molecular formula is C16H20N2O5S. The number of likely N-dealkylation sites (tertiary alicyclic amines) is 1. The van der Waals surface area contributed by atoms with E-state index >= 15 is 0 Å². The summed E-state index contributed by atoms with van der Waals surface area (Å²) in [4.78, 5) is 36.5. The molecule has 1 aromatic rings. The van der Waals surface area contributed by atoms with E-state index in [1.165, 1.54) is 31.4 Å². The number of amides is 1. The Morgan fingerprint density at radius 1 is 1.25 bits per heavy atom. The Morgan fingerprint density at radius 3 is 2.75 bits per heavy atom. The first kappa shape index (κ1) is 16.9. The van der Waals surface area contributed by atoms with Crippen LogP contribution in [0.1, 0.15) is 48.2 Å². The standard InChI is InChI=1S/C16H20N2O5S/c19-14(17-9-3-5-11-4-1-2-6-12(11)17)10-23-16(20)13-7-8-15(24-13)18(21)22/h7-8,11-12H,1-6,9-10H2/t11-,12+/m1/s1. The summed E-state index contributed by atoms with van der Waals surface area (Å²) in [5.41, 5.74) is 0.